The molecule has 0 spiro atoms. The molecule has 39 heavy (non-hydrogen) atoms. The standard InChI is InChI=1S/C27H33F3N6O3/c1-15(2)36-11-10-27(29,30)21(14-36)35-24(32)22(25(33)37)23(31)17-6-4-16(5-7-17)13-34-26(38)19-12-18(28)8-9-20(19)39-3/h4-9,12,15,21H,10-11,13-14,31H2,1-3H3,(H2,32,35)(H2,33,37)(H,34,38)/p+1. The summed E-state index contributed by atoms with van der Waals surface area (Å²) in [6, 6.07) is 8.79. The minimum atomic E-state index is -3.03. The van der Waals surface area contributed by atoms with Crippen molar-refractivity contribution in [3.8, 4) is 5.75 Å². The number of nitrogens with two attached hydrogens (primary N) is 3. The molecule has 3 rings (SSSR count). The molecule has 1 aliphatic rings. The van der Waals surface area contributed by atoms with Gasteiger partial charge >= 0.3 is 5.92 Å². The van der Waals surface area contributed by atoms with Crippen molar-refractivity contribution in [3.63, 3.8) is 0 Å². The molecule has 12 heteroatoms. The van der Waals surface area contributed by atoms with Gasteiger partial charge in [-0.2, -0.15) is 8.78 Å². The molecule has 1 heterocycles. The normalized spacial score (nSPS) is 17.9. The van der Waals surface area contributed by atoms with E-state index in [1.54, 1.807) is 24.3 Å². The molecule has 0 radical (unpaired) electrons. The van der Waals surface area contributed by atoms with Gasteiger partial charge in [-0.15, -0.1) is 0 Å². The lowest BCUT2D eigenvalue weighted by molar-refractivity contribution is -0.609. The first-order valence-corrected chi connectivity index (χ1v) is 12.4. The highest BCUT2D eigenvalue weighted by atomic mass is 19.3. The third-order valence-electron chi connectivity index (χ3n) is 6.71. The quantitative estimate of drug-likeness (QED) is 0.183. The lowest BCUT2D eigenvalue weighted by Crippen LogP contribution is -2.99. The highest BCUT2D eigenvalue weighted by Crippen LogP contribution is 2.27. The number of methoxy groups -OCH3 is 1. The van der Waals surface area contributed by atoms with Gasteiger partial charge in [0, 0.05) is 25.6 Å². The van der Waals surface area contributed by atoms with Gasteiger partial charge in [-0.05, 0) is 43.2 Å². The second kappa shape index (κ2) is 12.3. The van der Waals surface area contributed by atoms with Crippen molar-refractivity contribution in [2.45, 2.75) is 44.8 Å². The lowest BCUT2D eigenvalue weighted by atomic mass is 9.98. The van der Waals surface area contributed by atoms with Crippen LogP contribution < -0.4 is 26.8 Å². The number of amides is 2. The minimum Gasteiger partial charge on any atom is -0.496 e. The van der Waals surface area contributed by atoms with Crippen molar-refractivity contribution in [1.82, 2.24) is 10.2 Å². The molecule has 2 amide bonds. The number of nitrogens with one attached hydrogen (secondary N) is 2. The van der Waals surface area contributed by atoms with E-state index in [0.29, 0.717) is 11.1 Å². The summed E-state index contributed by atoms with van der Waals surface area (Å²) in [6.45, 7) is 4.20. The Morgan fingerprint density at radius 2 is 1.87 bits per heavy atom. The molecule has 1 atom stereocenters. The molecule has 210 valence electrons. The Hall–Kier alpha value is -3.90. The van der Waals surface area contributed by atoms with Crippen LogP contribution in [0, 0.1) is 11.2 Å². The maximum Gasteiger partial charge on any atom is 0.301 e. The number of likely N-dealkylation sites (tertiary alicyclic amines) is 1. The SMILES string of the molecule is COc1ccc(F)cc1C(=O)NCc1ccc(C(N)=C(C(=N)[NH2+]C2CN(C(C)C)CCC2(F)F)C(N)=O)cc1. The van der Waals surface area contributed by atoms with Crippen LogP contribution >= 0.6 is 0 Å². The van der Waals surface area contributed by atoms with E-state index >= 15 is 0 Å². The van der Waals surface area contributed by atoms with Crippen LogP contribution in [0.4, 0.5) is 13.2 Å². The largest absolute Gasteiger partial charge is 0.496 e. The topological polar surface area (TPSA) is 151 Å². The number of halogens is 3. The number of amidine groups is 1. The second-order valence-electron chi connectivity index (χ2n) is 9.66. The Bertz CT molecular complexity index is 1260. The van der Waals surface area contributed by atoms with Gasteiger partial charge < -0.3 is 21.5 Å². The fraction of sp³-hybridized carbons (Fsp3) is 0.370. The zero-order chi connectivity index (χ0) is 28.9. The number of nitrogens with zero attached hydrogens (tertiary/aromatic N) is 1. The molecular formula is C27H34F3N6O3+. The number of hydrogen-bond acceptors (Lipinski definition) is 6. The number of hydrogen-bond donors (Lipinski definition) is 5. The van der Waals surface area contributed by atoms with Crippen LogP contribution in [0.25, 0.3) is 5.70 Å². The Morgan fingerprint density at radius 3 is 2.46 bits per heavy atom. The number of primary amides is 1. The van der Waals surface area contributed by atoms with Crippen molar-refractivity contribution in [1.29, 1.82) is 5.41 Å². The fourth-order valence-corrected chi connectivity index (χ4v) is 4.38. The van der Waals surface area contributed by atoms with E-state index in [-0.39, 0.29) is 54.7 Å². The predicted octanol–water partition coefficient (Wildman–Crippen LogP) is 1.58. The maximum absolute atomic E-state index is 14.6. The number of alkyl halides is 2. The van der Waals surface area contributed by atoms with Crippen LogP contribution in [-0.2, 0) is 11.3 Å². The monoisotopic (exact) mass is 547 g/mol. The first-order valence-electron chi connectivity index (χ1n) is 12.4. The highest BCUT2D eigenvalue weighted by Gasteiger charge is 2.48. The summed E-state index contributed by atoms with van der Waals surface area (Å²) in [5.74, 6) is -5.39. The van der Waals surface area contributed by atoms with Gasteiger partial charge in [0.05, 0.1) is 24.9 Å². The zero-order valence-corrected chi connectivity index (χ0v) is 22.1. The van der Waals surface area contributed by atoms with E-state index in [2.05, 4.69) is 5.32 Å². The summed E-state index contributed by atoms with van der Waals surface area (Å²) in [4.78, 5) is 26.6. The third kappa shape index (κ3) is 7.15. The minimum absolute atomic E-state index is 0.0426. The molecule has 0 aliphatic carbocycles. The molecule has 9 nitrogen and oxygen atoms in total. The third-order valence-corrected chi connectivity index (χ3v) is 6.71. The van der Waals surface area contributed by atoms with Crippen LogP contribution in [-0.4, -0.2) is 60.8 Å². The Balaban J connectivity index is 1.74. The van der Waals surface area contributed by atoms with Gasteiger partial charge in [0.25, 0.3) is 11.8 Å². The van der Waals surface area contributed by atoms with E-state index in [0.717, 1.165) is 11.4 Å². The first kappa shape index (κ1) is 29.7. The van der Waals surface area contributed by atoms with E-state index in [9.17, 15) is 22.8 Å². The molecule has 1 fully saturated rings. The van der Waals surface area contributed by atoms with E-state index in [1.165, 1.54) is 19.2 Å². The number of carbonyl (C=O) groups is 2. The molecule has 1 saturated heterocycles. The van der Waals surface area contributed by atoms with Crippen LogP contribution in [0.3, 0.4) is 0 Å². The molecule has 0 aromatic heterocycles. The van der Waals surface area contributed by atoms with Crippen LogP contribution in [0.5, 0.6) is 5.75 Å². The van der Waals surface area contributed by atoms with Crippen molar-refractivity contribution < 1.29 is 32.8 Å². The summed E-state index contributed by atoms with van der Waals surface area (Å²) < 4.78 is 47.9. The van der Waals surface area contributed by atoms with E-state index in [1.807, 2.05) is 18.7 Å². The maximum atomic E-state index is 14.6. The Kier molecular flexibility index (Phi) is 9.36. The summed E-state index contributed by atoms with van der Waals surface area (Å²) in [5, 5.41) is 12.1. The van der Waals surface area contributed by atoms with Gasteiger partial charge in [-0.25, -0.2) is 9.80 Å². The molecule has 8 N–H and O–H groups in total. The molecule has 1 aliphatic heterocycles. The van der Waals surface area contributed by atoms with Crippen molar-refractivity contribution in [2.24, 2.45) is 11.5 Å². The molecule has 0 bridgehead atoms. The van der Waals surface area contributed by atoms with Crippen LogP contribution in [0.1, 0.15) is 41.8 Å². The fourth-order valence-electron chi connectivity index (χ4n) is 4.38. The summed E-state index contributed by atoms with van der Waals surface area (Å²) in [7, 11) is 1.37. The number of carbonyl (C=O) groups excluding carboxylic acids is 2. The number of piperidine rings is 1. The second-order valence-corrected chi connectivity index (χ2v) is 9.66. The number of ether oxygens (including phenoxy) is 1. The predicted molar refractivity (Wildman–Crippen MR) is 141 cm³/mol. The molecule has 0 saturated carbocycles. The average Bonchev–Trinajstić information content (AvgIpc) is 2.88. The first-order chi connectivity index (χ1) is 18.3. The number of quaternary nitrogens is 1. The van der Waals surface area contributed by atoms with E-state index in [4.69, 9.17) is 21.6 Å². The molecule has 2 aromatic rings. The molecule has 1 unspecified atom stereocenters. The van der Waals surface area contributed by atoms with Gasteiger partial charge in [0.2, 0.25) is 5.84 Å². The van der Waals surface area contributed by atoms with Gasteiger partial charge in [0.15, 0.2) is 6.04 Å². The van der Waals surface area contributed by atoms with Crippen LogP contribution in [0.2, 0.25) is 0 Å². The van der Waals surface area contributed by atoms with E-state index < -0.39 is 35.4 Å². The number of benzene rings is 2. The van der Waals surface area contributed by atoms with Crippen molar-refractivity contribution in [3.05, 3.63) is 70.5 Å². The van der Waals surface area contributed by atoms with Crippen molar-refractivity contribution >= 4 is 23.3 Å². The molecule has 2 aromatic carbocycles. The Labute approximate surface area is 224 Å². The van der Waals surface area contributed by atoms with Gasteiger partial charge in [-0.1, -0.05) is 24.3 Å². The zero-order valence-electron chi connectivity index (χ0n) is 22.1. The summed E-state index contributed by atoms with van der Waals surface area (Å²) in [5.41, 5.74) is 12.3. The Morgan fingerprint density at radius 1 is 1.21 bits per heavy atom. The summed E-state index contributed by atoms with van der Waals surface area (Å²) in [6.07, 6.45) is -0.352. The molecular weight excluding hydrogens is 513 g/mol. The average molecular weight is 548 g/mol. The summed E-state index contributed by atoms with van der Waals surface area (Å²) >= 11 is 0. The lowest BCUT2D eigenvalue weighted by Gasteiger charge is -2.38. The van der Waals surface area contributed by atoms with Gasteiger partial charge in [0.1, 0.15) is 17.1 Å². The van der Waals surface area contributed by atoms with Gasteiger partial charge in [-0.3, -0.25) is 19.8 Å². The van der Waals surface area contributed by atoms with Crippen molar-refractivity contribution in [2.75, 3.05) is 20.2 Å². The highest BCUT2D eigenvalue weighted by molar-refractivity contribution is 6.20. The smallest absolute Gasteiger partial charge is 0.301 e. The van der Waals surface area contributed by atoms with Crippen LogP contribution in [0.15, 0.2) is 48.0 Å². The number of rotatable bonds is 9.